The highest BCUT2D eigenvalue weighted by Crippen LogP contribution is 2.28. The quantitative estimate of drug-likeness (QED) is 0.728. The maximum absolute atomic E-state index is 12.0. The zero-order chi connectivity index (χ0) is 16.0. The third-order valence-electron chi connectivity index (χ3n) is 3.38. The lowest BCUT2D eigenvalue weighted by Crippen LogP contribution is -2.54. The molecule has 0 saturated carbocycles. The molecule has 0 aromatic heterocycles. The van der Waals surface area contributed by atoms with E-state index in [1.165, 1.54) is 7.11 Å². The van der Waals surface area contributed by atoms with E-state index in [1.807, 2.05) is 0 Å². The summed E-state index contributed by atoms with van der Waals surface area (Å²) in [4.78, 5) is 23.3. The number of methoxy groups -OCH3 is 1. The fourth-order valence-electron chi connectivity index (χ4n) is 1.90. The molecule has 1 aromatic rings. The van der Waals surface area contributed by atoms with Crippen molar-refractivity contribution in [3.05, 3.63) is 22.7 Å². The molecular formula is C14H19BrN2O4. The van der Waals surface area contributed by atoms with Gasteiger partial charge < -0.3 is 20.5 Å². The molecule has 116 valence electrons. The Morgan fingerprint density at radius 2 is 1.95 bits per heavy atom. The van der Waals surface area contributed by atoms with Gasteiger partial charge in [0.2, 0.25) is 0 Å². The number of amides is 2. The van der Waals surface area contributed by atoms with Crippen LogP contribution in [0.2, 0.25) is 0 Å². The first kappa shape index (κ1) is 17.3. The van der Waals surface area contributed by atoms with Crippen molar-refractivity contribution in [3.8, 4) is 5.75 Å². The summed E-state index contributed by atoms with van der Waals surface area (Å²) in [6, 6.07) is 4.50. The Morgan fingerprint density at radius 3 is 2.43 bits per heavy atom. The zero-order valence-corrected chi connectivity index (χ0v) is 13.8. The van der Waals surface area contributed by atoms with Crippen molar-refractivity contribution >= 4 is 33.6 Å². The molecule has 0 bridgehead atoms. The topological polar surface area (TPSA) is 87.7 Å². The van der Waals surface area contributed by atoms with E-state index in [0.29, 0.717) is 24.3 Å². The van der Waals surface area contributed by atoms with Crippen molar-refractivity contribution in [2.24, 2.45) is 0 Å². The summed E-state index contributed by atoms with van der Waals surface area (Å²) in [6.45, 7) is 3.45. The van der Waals surface area contributed by atoms with Gasteiger partial charge in [-0.1, -0.05) is 13.8 Å². The summed E-state index contributed by atoms with van der Waals surface area (Å²) in [6.07, 6.45) is 0.603. The average Bonchev–Trinajstić information content (AvgIpc) is 2.46. The van der Waals surface area contributed by atoms with Gasteiger partial charge in [0.15, 0.2) is 0 Å². The highest BCUT2D eigenvalue weighted by molar-refractivity contribution is 9.10. The summed E-state index contributed by atoms with van der Waals surface area (Å²) in [5.41, 5.74) is -0.747. The molecule has 0 radical (unpaired) electrons. The summed E-state index contributed by atoms with van der Waals surface area (Å²) >= 11 is 3.32. The fourth-order valence-corrected chi connectivity index (χ4v) is 2.31. The van der Waals surface area contributed by atoms with Crippen LogP contribution in [0, 0.1) is 0 Å². The van der Waals surface area contributed by atoms with Gasteiger partial charge in [-0.25, -0.2) is 9.59 Å². The Bertz CT molecular complexity index is 530. The van der Waals surface area contributed by atoms with Crippen molar-refractivity contribution in [2.45, 2.75) is 32.2 Å². The molecule has 1 aromatic carbocycles. The number of rotatable bonds is 6. The Morgan fingerprint density at radius 1 is 1.33 bits per heavy atom. The highest BCUT2D eigenvalue weighted by Gasteiger charge is 2.36. The van der Waals surface area contributed by atoms with Crippen LogP contribution in [0.25, 0.3) is 0 Å². The lowest BCUT2D eigenvalue weighted by atomic mass is 9.93. The second kappa shape index (κ2) is 7.31. The number of hydrogen-bond donors (Lipinski definition) is 3. The minimum absolute atomic E-state index is 0.302. The van der Waals surface area contributed by atoms with Gasteiger partial charge in [0.25, 0.3) is 0 Å². The van der Waals surface area contributed by atoms with Crippen molar-refractivity contribution in [1.82, 2.24) is 5.32 Å². The van der Waals surface area contributed by atoms with E-state index < -0.39 is 17.5 Å². The Labute approximate surface area is 132 Å². The van der Waals surface area contributed by atoms with Gasteiger partial charge in [-0.05, 0) is 40.9 Å². The van der Waals surface area contributed by atoms with Crippen LogP contribution in [-0.4, -0.2) is 29.8 Å². The third kappa shape index (κ3) is 4.10. The smallest absolute Gasteiger partial charge is 0.329 e. The molecule has 7 heteroatoms. The number of benzene rings is 1. The van der Waals surface area contributed by atoms with E-state index >= 15 is 0 Å². The van der Waals surface area contributed by atoms with Gasteiger partial charge in [0.1, 0.15) is 11.3 Å². The predicted molar refractivity (Wildman–Crippen MR) is 83.8 cm³/mol. The Hall–Kier alpha value is -1.76. The van der Waals surface area contributed by atoms with Crippen LogP contribution in [0.5, 0.6) is 5.75 Å². The molecule has 0 spiro atoms. The molecule has 0 aliphatic rings. The molecule has 6 nitrogen and oxygen atoms in total. The van der Waals surface area contributed by atoms with Crippen molar-refractivity contribution in [2.75, 3.05) is 12.4 Å². The number of anilines is 1. The number of hydrogen-bond acceptors (Lipinski definition) is 3. The van der Waals surface area contributed by atoms with Crippen molar-refractivity contribution in [1.29, 1.82) is 0 Å². The van der Waals surface area contributed by atoms with Gasteiger partial charge >= 0.3 is 12.0 Å². The standard InChI is InChI=1S/C14H19BrN2O4/c1-4-14(5-2,12(18)19)17-13(20)16-9-6-7-10(15)11(8-9)21-3/h6-8H,4-5H2,1-3H3,(H,18,19)(H2,16,17,20). The molecule has 21 heavy (non-hydrogen) atoms. The molecule has 0 unspecified atom stereocenters. The SMILES string of the molecule is CCC(CC)(NC(=O)Nc1ccc(Br)c(OC)c1)C(=O)O. The minimum atomic E-state index is -1.26. The Balaban J connectivity index is 2.84. The number of carboxylic acids is 1. The number of nitrogens with one attached hydrogen (secondary N) is 2. The first-order valence-corrected chi connectivity index (χ1v) is 7.34. The van der Waals surface area contributed by atoms with E-state index in [0.717, 1.165) is 4.47 Å². The van der Waals surface area contributed by atoms with Gasteiger partial charge in [0, 0.05) is 11.8 Å². The fraction of sp³-hybridized carbons (Fsp3) is 0.429. The van der Waals surface area contributed by atoms with E-state index in [9.17, 15) is 14.7 Å². The monoisotopic (exact) mass is 358 g/mol. The van der Waals surface area contributed by atoms with E-state index in [2.05, 4.69) is 26.6 Å². The summed E-state index contributed by atoms with van der Waals surface area (Å²) < 4.78 is 5.90. The summed E-state index contributed by atoms with van der Waals surface area (Å²) in [5.74, 6) is -0.473. The average molecular weight is 359 g/mol. The second-order valence-corrected chi connectivity index (χ2v) is 5.38. The number of urea groups is 1. The molecule has 0 heterocycles. The van der Waals surface area contributed by atoms with Gasteiger partial charge in [-0.2, -0.15) is 0 Å². The van der Waals surface area contributed by atoms with Gasteiger partial charge in [-0.15, -0.1) is 0 Å². The number of aliphatic carboxylic acids is 1. The van der Waals surface area contributed by atoms with Crippen LogP contribution in [0.15, 0.2) is 22.7 Å². The van der Waals surface area contributed by atoms with Crippen molar-refractivity contribution < 1.29 is 19.4 Å². The third-order valence-corrected chi connectivity index (χ3v) is 4.03. The first-order chi connectivity index (χ1) is 9.88. The van der Waals surface area contributed by atoms with E-state index in [1.54, 1.807) is 32.0 Å². The molecule has 0 aliphatic heterocycles. The molecule has 0 aliphatic carbocycles. The lowest BCUT2D eigenvalue weighted by Gasteiger charge is -2.28. The number of halogens is 1. The maximum atomic E-state index is 12.0. The normalized spacial score (nSPS) is 10.9. The second-order valence-electron chi connectivity index (χ2n) is 4.52. The molecular weight excluding hydrogens is 340 g/mol. The van der Waals surface area contributed by atoms with Gasteiger partial charge in [0.05, 0.1) is 11.6 Å². The molecule has 1 rings (SSSR count). The first-order valence-electron chi connectivity index (χ1n) is 6.54. The van der Waals surface area contributed by atoms with Crippen molar-refractivity contribution in [3.63, 3.8) is 0 Å². The van der Waals surface area contributed by atoms with Crippen LogP contribution < -0.4 is 15.4 Å². The lowest BCUT2D eigenvalue weighted by molar-refractivity contribution is -0.144. The van der Waals surface area contributed by atoms with Crippen LogP contribution in [0.4, 0.5) is 10.5 Å². The zero-order valence-electron chi connectivity index (χ0n) is 12.2. The molecule has 3 N–H and O–H groups in total. The molecule has 0 fully saturated rings. The number of carboxylic acid groups (broad SMARTS) is 1. The van der Waals surface area contributed by atoms with Gasteiger partial charge in [-0.3, -0.25) is 0 Å². The van der Waals surface area contributed by atoms with Crippen LogP contribution in [-0.2, 0) is 4.79 Å². The van der Waals surface area contributed by atoms with Crippen LogP contribution in [0.3, 0.4) is 0 Å². The van der Waals surface area contributed by atoms with Crippen LogP contribution >= 0.6 is 15.9 Å². The predicted octanol–water partition coefficient (Wildman–Crippen LogP) is 3.22. The highest BCUT2D eigenvalue weighted by atomic mass is 79.9. The Kier molecular flexibility index (Phi) is 6.02. The number of carbonyl (C=O) groups is 2. The molecule has 0 saturated heterocycles. The van der Waals surface area contributed by atoms with Crippen LogP contribution in [0.1, 0.15) is 26.7 Å². The number of carbonyl (C=O) groups excluding carboxylic acids is 1. The summed E-state index contributed by atoms with van der Waals surface area (Å²) in [5, 5.41) is 14.4. The molecule has 2 amide bonds. The number of ether oxygens (including phenoxy) is 1. The minimum Gasteiger partial charge on any atom is -0.495 e. The maximum Gasteiger partial charge on any atom is 0.329 e. The summed E-state index contributed by atoms with van der Waals surface area (Å²) in [7, 11) is 1.52. The molecule has 0 atom stereocenters. The van der Waals surface area contributed by atoms with E-state index in [4.69, 9.17) is 4.74 Å². The van der Waals surface area contributed by atoms with E-state index in [-0.39, 0.29) is 0 Å². The largest absolute Gasteiger partial charge is 0.495 e.